The minimum Gasteiger partial charge on any atom is -0.481 e. The minimum atomic E-state index is 0.655. The van der Waals surface area contributed by atoms with Crippen LogP contribution in [0, 0.1) is 0 Å². The van der Waals surface area contributed by atoms with E-state index in [4.69, 9.17) is 10.5 Å². The van der Waals surface area contributed by atoms with Gasteiger partial charge in [-0.15, -0.1) is 0 Å². The molecule has 1 aliphatic rings. The van der Waals surface area contributed by atoms with Gasteiger partial charge in [0.2, 0.25) is 5.88 Å². The number of nitrogens with zero attached hydrogens (tertiary/aromatic N) is 3. The largest absolute Gasteiger partial charge is 0.481 e. The molecule has 1 aromatic heterocycles. The number of nitrogens with two attached hydrogens (primary N) is 1. The van der Waals surface area contributed by atoms with E-state index >= 15 is 0 Å². The van der Waals surface area contributed by atoms with Crippen molar-refractivity contribution >= 4 is 17.1 Å². The molecule has 5 heteroatoms. The van der Waals surface area contributed by atoms with Crippen LogP contribution in [-0.4, -0.2) is 38.3 Å². The Hall–Kier alpha value is -2.43. The van der Waals surface area contributed by atoms with Crippen LogP contribution >= 0.6 is 0 Å². The first-order valence-corrected chi connectivity index (χ1v) is 7.12. The summed E-state index contributed by atoms with van der Waals surface area (Å²) in [7, 11) is 1.64. The molecule has 2 N–H and O–H groups in total. The molecule has 0 atom stereocenters. The van der Waals surface area contributed by atoms with Crippen molar-refractivity contribution in [1.82, 2.24) is 4.98 Å². The van der Waals surface area contributed by atoms with E-state index in [1.165, 1.54) is 0 Å². The third kappa shape index (κ3) is 2.86. The fraction of sp³-hybridized carbons (Fsp3) is 0.312. The first kappa shape index (κ1) is 13.5. The summed E-state index contributed by atoms with van der Waals surface area (Å²) in [5.74, 6) is 0.655. The second-order valence-corrected chi connectivity index (χ2v) is 5.09. The lowest BCUT2D eigenvalue weighted by atomic mass is 10.2. The number of benzene rings is 1. The van der Waals surface area contributed by atoms with E-state index in [0.717, 1.165) is 43.2 Å². The molecule has 0 saturated carbocycles. The van der Waals surface area contributed by atoms with Gasteiger partial charge >= 0.3 is 0 Å². The predicted molar refractivity (Wildman–Crippen MR) is 86.1 cm³/mol. The van der Waals surface area contributed by atoms with Crippen LogP contribution in [0.1, 0.15) is 0 Å². The number of methoxy groups -OCH3 is 1. The van der Waals surface area contributed by atoms with E-state index in [1.54, 1.807) is 13.3 Å². The number of hydrogen-bond acceptors (Lipinski definition) is 5. The summed E-state index contributed by atoms with van der Waals surface area (Å²) >= 11 is 0. The SMILES string of the molecule is COc1cc(N2CCN(c3ccccc3N)CC2)ccn1. The van der Waals surface area contributed by atoms with E-state index < -0.39 is 0 Å². The molecule has 1 aromatic carbocycles. The number of pyridine rings is 1. The quantitative estimate of drug-likeness (QED) is 0.874. The smallest absolute Gasteiger partial charge is 0.214 e. The number of aromatic nitrogens is 1. The van der Waals surface area contributed by atoms with E-state index in [9.17, 15) is 0 Å². The van der Waals surface area contributed by atoms with Crippen LogP contribution in [0.25, 0.3) is 0 Å². The molecule has 3 rings (SSSR count). The van der Waals surface area contributed by atoms with Crippen LogP contribution in [0.5, 0.6) is 5.88 Å². The number of rotatable bonds is 3. The Balaban J connectivity index is 1.69. The lowest BCUT2D eigenvalue weighted by Gasteiger charge is -2.37. The Morgan fingerprint density at radius 2 is 1.76 bits per heavy atom. The Kier molecular flexibility index (Phi) is 3.81. The van der Waals surface area contributed by atoms with Gasteiger partial charge in [-0.25, -0.2) is 4.98 Å². The summed E-state index contributed by atoms with van der Waals surface area (Å²) in [6.45, 7) is 3.83. The highest BCUT2D eigenvalue weighted by Crippen LogP contribution is 2.26. The van der Waals surface area contributed by atoms with Crippen LogP contribution in [0.3, 0.4) is 0 Å². The average molecular weight is 284 g/mol. The standard InChI is InChI=1S/C16H20N4O/c1-21-16-12-13(6-7-18-16)19-8-10-20(11-9-19)15-5-3-2-4-14(15)17/h2-7,12H,8-11,17H2,1H3. The molecule has 1 saturated heterocycles. The number of hydrogen-bond donors (Lipinski definition) is 1. The molecule has 0 aliphatic carbocycles. The van der Waals surface area contributed by atoms with Crippen LogP contribution < -0.4 is 20.3 Å². The van der Waals surface area contributed by atoms with Gasteiger partial charge in [-0.2, -0.15) is 0 Å². The zero-order valence-corrected chi connectivity index (χ0v) is 12.2. The van der Waals surface area contributed by atoms with Crippen molar-refractivity contribution in [2.45, 2.75) is 0 Å². The summed E-state index contributed by atoms with van der Waals surface area (Å²) in [5.41, 5.74) is 9.18. The maximum absolute atomic E-state index is 6.05. The molecule has 2 aromatic rings. The van der Waals surface area contributed by atoms with Gasteiger partial charge in [0, 0.05) is 44.1 Å². The highest BCUT2D eigenvalue weighted by Gasteiger charge is 2.19. The number of nitrogen functional groups attached to an aromatic ring is 1. The molecule has 1 aliphatic heterocycles. The van der Waals surface area contributed by atoms with E-state index in [-0.39, 0.29) is 0 Å². The summed E-state index contributed by atoms with van der Waals surface area (Å²) < 4.78 is 5.19. The lowest BCUT2D eigenvalue weighted by molar-refractivity contribution is 0.398. The molecule has 0 radical (unpaired) electrons. The minimum absolute atomic E-state index is 0.655. The van der Waals surface area contributed by atoms with Gasteiger partial charge in [0.05, 0.1) is 18.5 Å². The van der Waals surface area contributed by atoms with Gasteiger partial charge in [0.25, 0.3) is 0 Å². The second-order valence-electron chi connectivity index (χ2n) is 5.09. The summed E-state index contributed by atoms with van der Waals surface area (Å²) in [5, 5.41) is 0. The lowest BCUT2D eigenvalue weighted by Crippen LogP contribution is -2.46. The van der Waals surface area contributed by atoms with Gasteiger partial charge in [-0.3, -0.25) is 0 Å². The van der Waals surface area contributed by atoms with Gasteiger partial charge in [-0.1, -0.05) is 12.1 Å². The second kappa shape index (κ2) is 5.91. The zero-order chi connectivity index (χ0) is 14.7. The molecule has 0 spiro atoms. The van der Waals surface area contributed by atoms with Gasteiger partial charge in [-0.05, 0) is 18.2 Å². The van der Waals surface area contributed by atoms with E-state index in [1.807, 2.05) is 30.3 Å². The molecule has 2 heterocycles. The maximum Gasteiger partial charge on any atom is 0.214 e. The average Bonchev–Trinajstić information content (AvgIpc) is 2.56. The highest BCUT2D eigenvalue weighted by atomic mass is 16.5. The number of piperazine rings is 1. The van der Waals surface area contributed by atoms with Gasteiger partial charge in [0.1, 0.15) is 0 Å². The summed E-state index contributed by atoms with van der Waals surface area (Å²) in [6.07, 6.45) is 1.79. The molecular formula is C16H20N4O. The first-order chi connectivity index (χ1) is 10.3. The molecule has 0 amide bonds. The third-order valence-corrected chi connectivity index (χ3v) is 3.85. The topological polar surface area (TPSA) is 54.6 Å². The van der Waals surface area contributed by atoms with Crippen molar-refractivity contribution in [3.8, 4) is 5.88 Å². The Bertz CT molecular complexity index is 609. The van der Waals surface area contributed by atoms with E-state index in [2.05, 4.69) is 20.9 Å². The number of para-hydroxylation sites is 2. The number of anilines is 3. The van der Waals surface area contributed by atoms with Gasteiger partial charge in [0.15, 0.2) is 0 Å². The normalized spacial score (nSPS) is 15.1. The molecule has 110 valence electrons. The van der Waals surface area contributed by atoms with Crippen LogP contribution in [0.15, 0.2) is 42.6 Å². The Morgan fingerprint density at radius 3 is 2.48 bits per heavy atom. The van der Waals surface area contributed by atoms with Crippen molar-refractivity contribution in [2.75, 3.05) is 48.8 Å². The fourth-order valence-corrected chi connectivity index (χ4v) is 2.69. The third-order valence-electron chi connectivity index (χ3n) is 3.85. The monoisotopic (exact) mass is 284 g/mol. The van der Waals surface area contributed by atoms with E-state index in [0.29, 0.717) is 5.88 Å². The summed E-state index contributed by atoms with van der Waals surface area (Å²) in [6, 6.07) is 12.0. The Labute approximate surface area is 125 Å². The van der Waals surface area contributed by atoms with Crippen LogP contribution in [-0.2, 0) is 0 Å². The summed E-state index contributed by atoms with van der Waals surface area (Å²) in [4.78, 5) is 8.84. The van der Waals surface area contributed by atoms with Crippen molar-refractivity contribution in [2.24, 2.45) is 0 Å². The predicted octanol–water partition coefficient (Wildman–Crippen LogP) is 2.00. The first-order valence-electron chi connectivity index (χ1n) is 7.12. The molecule has 0 unspecified atom stereocenters. The van der Waals surface area contributed by atoms with Crippen molar-refractivity contribution in [3.63, 3.8) is 0 Å². The zero-order valence-electron chi connectivity index (χ0n) is 12.2. The van der Waals surface area contributed by atoms with Gasteiger partial charge < -0.3 is 20.3 Å². The van der Waals surface area contributed by atoms with Crippen molar-refractivity contribution in [1.29, 1.82) is 0 Å². The molecule has 21 heavy (non-hydrogen) atoms. The van der Waals surface area contributed by atoms with Crippen LogP contribution in [0.2, 0.25) is 0 Å². The maximum atomic E-state index is 6.05. The molecule has 1 fully saturated rings. The molecule has 5 nitrogen and oxygen atoms in total. The van der Waals surface area contributed by atoms with Crippen molar-refractivity contribution in [3.05, 3.63) is 42.6 Å². The van der Waals surface area contributed by atoms with Crippen molar-refractivity contribution < 1.29 is 4.74 Å². The Morgan fingerprint density at radius 1 is 1.05 bits per heavy atom. The fourth-order valence-electron chi connectivity index (χ4n) is 2.69. The molecular weight excluding hydrogens is 264 g/mol. The molecule has 0 bridgehead atoms. The number of ether oxygens (including phenoxy) is 1. The van der Waals surface area contributed by atoms with Crippen LogP contribution in [0.4, 0.5) is 17.1 Å². The highest BCUT2D eigenvalue weighted by molar-refractivity contribution is 5.68.